The van der Waals surface area contributed by atoms with Gasteiger partial charge in [-0.3, -0.25) is 0 Å². The molecule has 1 aliphatic heterocycles. The molecule has 1 aliphatic rings. The predicted molar refractivity (Wildman–Crippen MR) is 26.4 cm³/mol. The molecule has 0 unspecified atom stereocenters. The van der Waals surface area contributed by atoms with Gasteiger partial charge in [-0.05, 0) is 0 Å². The van der Waals surface area contributed by atoms with Gasteiger partial charge in [-0.1, -0.05) is 0 Å². The zero-order chi connectivity index (χ0) is 5.28. The Kier molecular flexibility index (Phi) is 1.17. The van der Waals surface area contributed by atoms with Gasteiger partial charge in [0.2, 0.25) is 0 Å². The maximum absolute atomic E-state index is 10.4. The van der Waals surface area contributed by atoms with E-state index < -0.39 is 0 Å². The molecule has 38 valence electrons. The molecule has 0 aromatic carbocycles. The molecule has 0 saturated heterocycles. The molecule has 7 heavy (non-hydrogen) atoms. The normalized spacial score (nSPS) is 19.0. The number of carbonyl (C=O) groups excluding carboxylic acids is 1. The molecule has 1 amide bonds. The number of carbonyl (C=O) groups is 1. The van der Waals surface area contributed by atoms with Crippen molar-refractivity contribution in [3.8, 4) is 0 Å². The molecular formula is C4H4NOSe-. The Bertz CT molecular complexity index is 121. The van der Waals surface area contributed by atoms with Crippen LogP contribution in [0.5, 0.6) is 0 Å². The molecule has 0 aromatic heterocycles. The molecule has 0 saturated carbocycles. The van der Waals surface area contributed by atoms with E-state index in [9.17, 15) is 4.79 Å². The van der Waals surface area contributed by atoms with Gasteiger partial charge in [0, 0.05) is 0 Å². The summed E-state index contributed by atoms with van der Waals surface area (Å²) in [6.45, 7) is 0. The van der Waals surface area contributed by atoms with Gasteiger partial charge in [-0.25, -0.2) is 0 Å². The van der Waals surface area contributed by atoms with Crippen molar-refractivity contribution in [1.82, 2.24) is 3.92 Å². The molecule has 2 nitrogen and oxygen atoms in total. The Hall–Kier alpha value is -0.271. The second-order valence-corrected chi connectivity index (χ2v) is 2.13. The fourth-order valence-electron chi connectivity index (χ4n) is 0.422. The van der Waals surface area contributed by atoms with Gasteiger partial charge in [-0.15, -0.1) is 0 Å². The van der Waals surface area contributed by atoms with Crippen LogP contribution in [0.4, 0.5) is 0 Å². The predicted octanol–water partition coefficient (Wildman–Crippen LogP) is -0.184. The van der Waals surface area contributed by atoms with Crippen LogP contribution in [0.1, 0.15) is 6.42 Å². The molecule has 0 aliphatic carbocycles. The van der Waals surface area contributed by atoms with Crippen molar-refractivity contribution in [2.75, 3.05) is 0 Å². The van der Waals surface area contributed by atoms with Crippen LogP contribution in [0.2, 0.25) is 0 Å². The minimum absolute atomic E-state index is 0.125. The second kappa shape index (κ2) is 1.68. The third kappa shape index (κ3) is 0.842. The summed E-state index contributed by atoms with van der Waals surface area (Å²) in [7, 11) is 0. The Morgan fingerprint density at radius 2 is 2.57 bits per heavy atom. The first-order chi connectivity index (χ1) is 3.30. The summed E-state index contributed by atoms with van der Waals surface area (Å²) < 4.78 is 1.46. The van der Waals surface area contributed by atoms with Crippen molar-refractivity contribution in [2.24, 2.45) is 0 Å². The van der Waals surface area contributed by atoms with Crippen LogP contribution < -0.4 is 0 Å². The second-order valence-electron chi connectivity index (χ2n) is 1.31. The molecular weight excluding hydrogens is 157 g/mol. The van der Waals surface area contributed by atoms with E-state index in [2.05, 4.69) is 16.2 Å². The average molecular weight is 161 g/mol. The van der Waals surface area contributed by atoms with E-state index in [0.29, 0.717) is 6.42 Å². The van der Waals surface area contributed by atoms with Crippen LogP contribution in [-0.4, -0.2) is 26.1 Å². The number of rotatable bonds is 0. The van der Waals surface area contributed by atoms with Crippen LogP contribution in [0.15, 0.2) is 12.3 Å². The standard InChI is InChI=1S/C4H4NOSe/c6-4-2-1-3-5(4)7/h1,3H,2H2/q-1. The van der Waals surface area contributed by atoms with E-state index in [-0.39, 0.29) is 5.91 Å². The summed E-state index contributed by atoms with van der Waals surface area (Å²) in [5, 5.41) is 0. The minimum atomic E-state index is 0.125. The molecule has 3 heteroatoms. The summed E-state index contributed by atoms with van der Waals surface area (Å²) in [6, 6.07) is 0. The van der Waals surface area contributed by atoms with E-state index >= 15 is 0 Å². The molecule has 1 heterocycles. The van der Waals surface area contributed by atoms with E-state index in [1.165, 1.54) is 3.92 Å². The fraction of sp³-hybridized carbons (Fsp3) is 0.250. The quantitative estimate of drug-likeness (QED) is 0.451. The van der Waals surface area contributed by atoms with Crippen LogP contribution >= 0.6 is 0 Å². The van der Waals surface area contributed by atoms with Gasteiger partial charge >= 0.3 is 49.5 Å². The number of hydrogen-bond acceptors (Lipinski definition) is 1. The van der Waals surface area contributed by atoms with Gasteiger partial charge in [0.1, 0.15) is 0 Å². The van der Waals surface area contributed by atoms with Crippen molar-refractivity contribution >= 4 is 22.1 Å². The SMILES string of the molecule is O=C1CC=CN1[Se-]. The molecule has 0 bridgehead atoms. The summed E-state index contributed by atoms with van der Waals surface area (Å²) in [5.74, 6) is 0.125. The molecule has 0 N–H and O–H groups in total. The third-order valence-electron chi connectivity index (χ3n) is 0.779. The first kappa shape index (κ1) is 4.88. The van der Waals surface area contributed by atoms with Crippen LogP contribution in [0.25, 0.3) is 0 Å². The Morgan fingerprint density at radius 1 is 1.86 bits per heavy atom. The van der Waals surface area contributed by atoms with Crippen LogP contribution in [0.3, 0.4) is 0 Å². The van der Waals surface area contributed by atoms with Crippen molar-refractivity contribution in [3.05, 3.63) is 12.3 Å². The molecule has 1 rings (SSSR count). The van der Waals surface area contributed by atoms with Crippen molar-refractivity contribution in [3.63, 3.8) is 0 Å². The van der Waals surface area contributed by atoms with Crippen molar-refractivity contribution < 1.29 is 4.79 Å². The van der Waals surface area contributed by atoms with E-state index in [0.717, 1.165) is 0 Å². The average Bonchev–Trinajstić information content (AvgIpc) is 1.91. The first-order valence-corrected chi connectivity index (χ1v) is 2.73. The zero-order valence-corrected chi connectivity index (χ0v) is 5.34. The van der Waals surface area contributed by atoms with Gasteiger partial charge in [0.25, 0.3) is 0 Å². The molecule has 0 aromatic rings. The van der Waals surface area contributed by atoms with E-state index in [1.54, 1.807) is 6.20 Å². The first-order valence-electron chi connectivity index (χ1n) is 1.96. The molecule has 0 radical (unpaired) electrons. The zero-order valence-electron chi connectivity index (χ0n) is 3.63. The molecule has 0 spiro atoms. The summed E-state index contributed by atoms with van der Waals surface area (Å²) in [6.07, 6.45) is 4.09. The van der Waals surface area contributed by atoms with E-state index in [4.69, 9.17) is 0 Å². The van der Waals surface area contributed by atoms with Crippen molar-refractivity contribution in [1.29, 1.82) is 0 Å². The molecule has 0 fully saturated rings. The monoisotopic (exact) mass is 162 g/mol. The number of hydrogen-bond donors (Lipinski definition) is 0. The Morgan fingerprint density at radius 3 is 2.71 bits per heavy atom. The van der Waals surface area contributed by atoms with Gasteiger partial charge in [0.05, 0.1) is 0 Å². The summed E-state index contributed by atoms with van der Waals surface area (Å²) in [5.41, 5.74) is 0. The summed E-state index contributed by atoms with van der Waals surface area (Å²) >= 11 is 2.59. The van der Waals surface area contributed by atoms with E-state index in [1.807, 2.05) is 6.08 Å². The fourth-order valence-corrected chi connectivity index (χ4v) is 0.759. The Labute approximate surface area is 50.2 Å². The maximum atomic E-state index is 10.4. The number of nitrogens with zero attached hydrogens (tertiary/aromatic N) is 1. The number of amides is 1. The molecule has 0 atom stereocenters. The van der Waals surface area contributed by atoms with Gasteiger partial charge < -0.3 is 0 Å². The van der Waals surface area contributed by atoms with Crippen LogP contribution in [-0.2, 0) is 4.79 Å². The Balaban J connectivity index is 2.62. The summed E-state index contributed by atoms with van der Waals surface area (Å²) in [4.78, 5) is 10.4. The van der Waals surface area contributed by atoms with Gasteiger partial charge in [0.15, 0.2) is 0 Å². The van der Waals surface area contributed by atoms with Crippen LogP contribution in [0, 0.1) is 0 Å². The van der Waals surface area contributed by atoms with Gasteiger partial charge in [-0.2, -0.15) is 0 Å². The topological polar surface area (TPSA) is 20.3 Å². The van der Waals surface area contributed by atoms with Crippen molar-refractivity contribution in [2.45, 2.75) is 6.42 Å². The third-order valence-corrected chi connectivity index (χ3v) is 1.46.